The normalized spacial score (nSPS) is 13.2. The molecule has 0 unspecified atom stereocenters. The maximum Gasteiger partial charge on any atom is 0.363 e. The Morgan fingerprint density at radius 1 is 1.07 bits per heavy atom. The van der Waals surface area contributed by atoms with E-state index in [0.717, 1.165) is 21.4 Å². The summed E-state index contributed by atoms with van der Waals surface area (Å²) in [6.45, 7) is 1.83. The van der Waals surface area contributed by atoms with Crippen LogP contribution in [0.15, 0.2) is 48.5 Å². The molecule has 3 aromatic rings. The zero-order valence-corrected chi connectivity index (χ0v) is 16.3. The predicted octanol–water partition coefficient (Wildman–Crippen LogP) is 5.36. The number of hydrogen-bond donors (Lipinski definition) is 0. The monoisotopic (exact) mass is 415 g/mol. The van der Waals surface area contributed by atoms with Gasteiger partial charge in [-0.1, -0.05) is 65.8 Å². The lowest BCUT2D eigenvalue weighted by molar-refractivity contribution is -0.0382. The Hall–Kier alpha value is -2.47. The molecule has 0 saturated heterocycles. The molecule has 0 fully saturated rings. The number of amides is 1. The number of carbonyl (C=O) groups excluding carboxylic acids is 2. The SMILES string of the molecule is Cc1ccc2cccc3c2c1C(=O)N(OC(=O)c1cc(Cl)cc(Cl)c1)C3=S. The van der Waals surface area contributed by atoms with Gasteiger partial charge in [-0.05, 0) is 36.1 Å². The van der Waals surface area contributed by atoms with Gasteiger partial charge in [-0.15, -0.1) is 5.06 Å². The van der Waals surface area contributed by atoms with Crippen molar-refractivity contribution in [1.82, 2.24) is 5.06 Å². The van der Waals surface area contributed by atoms with E-state index in [4.69, 9.17) is 40.3 Å². The number of thiocarbonyl (C=S) groups is 1. The molecule has 4 rings (SSSR count). The van der Waals surface area contributed by atoms with Crippen LogP contribution >= 0.6 is 35.4 Å². The summed E-state index contributed by atoms with van der Waals surface area (Å²) >= 11 is 17.3. The van der Waals surface area contributed by atoms with Crippen LogP contribution in [0.4, 0.5) is 0 Å². The van der Waals surface area contributed by atoms with Gasteiger partial charge in [0.1, 0.15) is 0 Å². The fourth-order valence-corrected chi connectivity index (χ4v) is 3.95. The minimum atomic E-state index is -0.778. The van der Waals surface area contributed by atoms with E-state index in [2.05, 4.69) is 0 Å². The highest BCUT2D eigenvalue weighted by Gasteiger charge is 2.34. The van der Waals surface area contributed by atoms with Gasteiger partial charge < -0.3 is 4.84 Å². The molecular formula is C20H11Cl2NO3S. The molecule has 0 N–H and O–H groups in total. The van der Waals surface area contributed by atoms with Crippen molar-refractivity contribution in [3.8, 4) is 0 Å². The first-order valence-electron chi connectivity index (χ1n) is 7.96. The molecule has 0 saturated carbocycles. The van der Waals surface area contributed by atoms with Crippen molar-refractivity contribution in [3.05, 3.63) is 80.8 Å². The molecule has 1 amide bonds. The lowest BCUT2D eigenvalue weighted by Crippen LogP contribution is -2.41. The van der Waals surface area contributed by atoms with Crippen LogP contribution < -0.4 is 0 Å². The molecule has 1 aliphatic heterocycles. The van der Waals surface area contributed by atoms with E-state index in [1.165, 1.54) is 18.2 Å². The lowest BCUT2D eigenvalue weighted by atomic mass is 9.92. The van der Waals surface area contributed by atoms with E-state index in [1.54, 1.807) is 6.07 Å². The zero-order valence-electron chi connectivity index (χ0n) is 14.0. The molecule has 3 aromatic carbocycles. The standard InChI is InChI=1S/C20H11Cl2NO3S/c1-10-5-6-11-3-2-4-15-17(11)16(10)18(24)23(19(15)27)26-20(25)12-7-13(21)9-14(22)8-12/h2-9H,1H3. The summed E-state index contributed by atoms with van der Waals surface area (Å²) < 4.78 is 0. The van der Waals surface area contributed by atoms with Crippen molar-refractivity contribution < 1.29 is 14.4 Å². The Morgan fingerprint density at radius 3 is 2.48 bits per heavy atom. The van der Waals surface area contributed by atoms with Crippen LogP contribution in [0.2, 0.25) is 10.0 Å². The Bertz CT molecular complexity index is 1140. The number of aryl methyl sites for hydroxylation is 1. The Labute approximate surface area is 170 Å². The fraction of sp³-hybridized carbons (Fsp3) is 0.0500. The van der Waals surface area contributed by atoms with E-state index in [1.807, 2.05) is 31.2 Å². The summed E-state index contributed by atoms with van der Waals surface area (Å²) in [4.78, 5) is 31.1. The second kappa shape index (κ2) is 6.60. The Morgan fingerprint density at radius 2 is 1.78 bits per heavy atom. The van der Waals surface area contributed by atoms with Gasteiger partial charge in [0.2, 0.25) is 0 Å². The third-order valence-electron chi connectivity index (χ3n) is 4.34. The summed E-state index contributed by atoms with van der Waals surface area (Å²) in [7, 11) is 0. The van der Waals surface area contributed by atoms with Crippen molar-refractivity contribution in [2.75, 3.05) is 0 Å². The van der Waals surface area contributed by atoms with Crippen LogP contribution in [0.3, 0.4) is 0 Å². The van der Waals surface area contributed by atoms with Crippen molar-refractivity contribution in [3.63, 3.8) is 0 Å². The van der Waals surface area contributed by atoms with Crippen molar-refractivity contribution >= 4 is 63.1 Å². The number of nitrogens with zero attached hydrogens (tertiary/aromatic N) is 1. The first-order chi connectivity index (χ1) is 12.9. The maximum atomic E-state index is 13.0. The third-order valence-corrected chi connectivity index (χ3v) is 5.16. The van der Waals surface area contributed by atoms with Gasteiger partial charge in [0.05, 0.1) is 11.1 Å². The summed E-state index contributed by atoms with van der Waals surface area (Å²) in [5.41, 5.74) is 2.03. The van der Waals surface area contributed by atoms with Crippen LogP contribution in [-0.4, -0.2) is 21.9 Å². The molecule has 0 spiro atoms. The molecule has 7 heteroatoms. The number of carbonyl (C=O) groups is 2. The molecule has 0 atom stereocenters. The summed E-state index contributed by atoms with van der Waals surface area (Å²) in [5.74, 6) is -1.26. The molecule has 1 aliphatic rings. The van der Waals surface area contributed by atoms with Crippen LogP contribution in [-0.2, 0) is 4.84 Å². The van der Waals surface area contributed by atoms with Crippen molar-refractivity contribution in [1.29, 1.82) is 0 Å². The number of halogens is 2. The van der Waals surface area contributed by atoms with Crippen molar-refractivity contribution in [2.24, 2.45) is 0 Å². The minimum Gasteiger partial charge on any atom is -0.327 e. The fourth-order valence-electron chi connectivity index (χ4n) is 3.13. The van der Waals surface area contributed by atoms with Crippen LogP contribution in [0, 0.1) is 6.92 Å². The molecule has 134 valence electrons. The predicted molar refractivity (Wildman–Crippen MR) is 108 cm³/mol. The van der Waals surface area contributed by atoms with Crippen LogP contribution in [0.1, 0.15) is 31.8 Å². The van der Waals surface area contributed by atoms with E-state index in [-0.39, 0.29) is 20.6 Å². The zero-order chi connectivity index (χ0) is 19.3. The smallest absolute Gasteiger partial charge is 0.327 e. The maximum absolute atomic E-state index is 13.0. The summed E-state index contributed by atoms with van der Waals surface area (Å²) in [6, 6.07) is 13.7. The highest BCUT2D eigenvalue weighted by Crippen LogP contribution is 2.33. The quantitative estimate of drug-likeness (QED) is 0.528. The topological polar surface area (TPSA) is 46.6 Å². The molecule has 0 bridgehead atoms. The molecule has 1 heterocycles. The van der Waals surface area contributed by atoms with E-state index in [0.29, 0.717) is 11.1 Å². The number of benzene rings is 3. The molecule has 4 nitrogen and oxygen atoms in total. The number of rotatable bonds is 2. The second-order valence-corrected chi connectivity index (χ2v) is 7.36. The average molecular weight is 416 g/mol. The molecule has 0 aliphatic carbocycles. The Kier molecular flexibility index (Phi) is 4.38. The number of hydrogen-bond acceptors (Lipinski definition) is 4. The lowest BCUT2D eigenvalue weighted by Gasteiger charge is -2.28. The highest BCUT2D eigenvalue weighted by atomic mass is 35.5. The largest absolute Gasteiger partial charge is 0.363 e. The number of hydroxylamine groups is 2. The van der Waals surface area contributed by atoms with E-state index in [9.17, 15) is 9.59 Å². The Balaban J connectivity index is 1.77. The molecular weight excluding hydrogens is 405 g/mol. The van der Waals surface area contributed by atoms with Gasteiger partial charge in [-0.2, -0.15) is 0 Å². The van der Waals surface area contributed by atoms with Gasteiger partial charge in [0, 0.05) is 21.0 Å². The average Bonchev–Trinajstić information content (AvgIpc) is 2.62. The minimum absolute atomic E-state index is 0.122. The van der Waals surface area contributed by atoms with E-state index >= 15 is 0 Å². The van der Waals surface area contributed by atoms with Crippen LogP contribution in [0.5, 0.6) is 0 Å². The van der Waals surface area contributed by atoms with Gasteiger partial charge in [-0.25, -0.2) is 4.79 Å². The first-order valence-corrected chi connectivity index (χ1v) is 9.13. The van der Waals surface area contributed by atoms with Crippen LogP contribution in [0.25, 0.3) is 10.8 Å². The molecule has 0 radical (unpaired) electrons. The van der Waals surface area contributed by atoms with Gasteiger partial charge in [0.15, 0.2) is 4.99 Å². The molecule has 0 aromatic heterocycles. The summed E-state index contributed by atoms with van der Waals surface area (Å²) in [5, 5.41) is 3.10. The molecule has 27 heavy (non-hydrogen) atoms. The highest BCUT2D eigenvalue weighted by molar-refractivity contribution is 7.80. The first kappa shape index (κ1) is 17.9. The summed E-state index contributed by atoms with van der Waals surface area (Å²) in [6.07, 6.45) is 0. The second-order valence-electron chi connectivity index (χ2n) is 6.10. The van der Waals surface area contributed by atoms with Gasteiger partial charge >= 0.3 is 5.97 Å². The third kappa shape index (κ3) is 2.98. The van der Waals surface area contributed by atoms with Gasteiger partial charge in [-0.3, -0.25) is 4.79 Å². The van der Waals surface area contributed by atoms with Crippen molar-refractivity contribution in [2.45, 2.75) is 6.92 Å². The van der Waals surface area contributed by atoms with E-state index < -0.39 is 11.9 Å². The van der Waals surface area contributed by atoms with Gasteiger partial charge in [0.25, 0.3) is 5.91 Å².